The zero-order chi connectivity index (χ0) is 18.6. The van der Waals surface area contributed by atoms with E-state index in [4.69, 9.17) is 0 Å². The van der Waals surface area contributed by atoms with Crippen molar-refractivity contribution in [3.8, 4) is 0 Å². The van der Waals surface area contributed by atoms with E-state index in [9.17, 15) is 14.7 Å². The van der Waals surface area contributed by atoms with Gasteiger partial charge in [-0.25, -0.2) is 0 Å². The lowest BCUT2D eigenvalue weighted by Gasteiger charge is -2.22. The number of rotatable bonds is 6. The summed E-state index contributed by atoms with van der Waals surface area (Å²) in [7, 11) is 0. The van der Waals surface area contributed by atoms with Crippen LogP contribution in [0.3, 0.4) is 0 Å². The third kappa shape index (κ3) is 4.27. The van der Waals surface area contributed by atoms with Crippen molar-refractivity contribution < 1.29 is 14.7 Å². The highest BCUT2D eigenvalue weighted by Gasteiger charge is 2.29. The molecule has 0 radical (unpaired) electrons. The van der Waals surface area contributed by atoms with Gasteiger partial charge >= 0.3 is 5.97 Å². The fourth-order valence-corrected chi connectivity index (χ4v) is 2.81. The highest BCUT2D eigenvalue weighted by molar-refractivity contribution is 5.96. The topological polar surface area (TPSA) is 66.4 Å². The molecule has 2 aromatic rings. The Bertz CT molecular complexity index is 733. The average Bonchev–Trinajstić information content (AvgIpc) is 2.56. The van der Waals surface area contributed by atoms with Gasteiger partial charge in [0.15, 0.2) is 0 Å². The molecular weight excluding hydrogens is 314 g/mol. The largest absolute Gasteiger partial charge is 0.481 e. The van der Waals surface area contributed by atoms with Gasteiger partial charge < -0.3 is 10.4 Å². The maximum atomic E-state index is 12.7. The Morgan fingerprint density at radius 3 is 2.00 bits per heavy atom. The van der Waals surface area contributed by atoms with Crippen molar-refractivity contribution in [2.75, 3.05) is 5.32 Å². The summed E-state index contributed by atoms with van der Waals surface area (Å²) in [6, 6.07) is 16.7. The van der Waals surface area contributed by atoms with Gasteiger partial charge in [0.05, 0.1) is 11.3 Å². The number of amides is 1. The Hall–Kier alpha value is -2.62. The standard InChI is InChI=1S/C21H25NO3/c1-14(2)18(15-8-6-5-7-9-15)19(23)22-17-12-10-16(11-13-17)21(3,4)20(24)25/h5-14,18H,1-4H3,(H,22,23)(H,24,25). The normalized spacial score (nSPS) is 12.7. The Morgan fingerprint density at radius 1 is 0.960 bits per heavy atom. The summed E-state index contributed by atoms with van der Waals surface area (Å²) < 4.78 is 0. The molecule has 1 amide bonds. The zero-order valence-corrected chi connectivity index (χ0v) is 15.1. The third-order valence-electron chi connectivity index (χ3n) is 4.52. The van der Waals surface area contributed by atoms with Crippen LogP contribution < -0.4 is 5.32 Å². The molecule has 0 spiro atoms. The quantitative estimate of drug-likeness (QED) is 0.818. The van der Waals surface area contributed by atoms with Crippen molar-refractivity contribution in [2.24, 2.45) is 5.92 Å². The first kappa shape index (κ1) is 18.7. The number of anilines is 1. The minimum atomic E-state index is -0.965. The van der Waals surface area contributed by atoms with Crippen LogP contribution in [-0.4, -0.2) is 17.0 Å². The fourth-order valence-electron chi connectivity index (χ4n) is 2.81. The second kappa shape index (κ2) is 7.51. The molecule has 0 aliphatic heterocycles. The summed E-state index contributed by atoms with van der Waals surface area (Å²) in [6.07, 6.45) is 0. The molecule has 0 aliphatic rings. The molecule has 0 heterocycles. The Balaban J connectivity index is 2.18. The van der Waals surface area contributed by atoms with Gasteiger partial charge in [-0.2, -0.15) is 0 Å². The van der Waals surface area contributed by atoms with E-state index < -0.39 is 11.4 Å². The van der Waals surface area contributed by atoms with E-state index in [-0.39, 0.29) is 17.7 Å². The summed E-state index contributed by atoms with van der Waals surface area (Å²) in [5.41, 5.74) is 1.38. The highest BCUT2D eigenvalue weighted by atomic mass is 16.4. The molecule has 0 fully saturated rings. The molecule has 2 aromatic carbocycles. The SMILES string of the molecule is CC(C)C(C(=O)Nc1ccc(C(C)(C)C(=O)O)cc1)c1ccccc1. The van der Waals surface area contributed by atoms with Gasteiger partial charge in [-0.3, -0.25) is 9.59 Å². The van der Waals surface area contributed by atoms with Crippen molar-refractivity contribution >= 4 is 17.6 Å². The molecule has 1 atom stereocenters. The zero-order valence-electron chi connectivity index (χ0n) is 15.1. The third-order valence-corrected chi connectivity index (χ3v) is 4.52. The van der Waals surface area contributed by atoms with Crippen molar-refractivity contribution in [1.29, 1.82) is 0 Å². The first-order valence-electron chi connectivity index (χ1n) is 8.43. The average molecular weight is 339 g/mol. The van der Waals surface area contributed by atoms with Gasteiger partial charge in [-0.15, -0.1) is 0 Å². The van der Waals surface area contributed by atoms with Crippen molar-refractivity contribution in [3.05, 3.63) is 65.7 Å². The van der Waals surface area contributed by atoms with E-state index in [1.807, 2.05) is 44.2 Å². The Kier molecular flexibility index (Phi) is 5.62. The van der Waals surface area contributed by atoms with Crippen molar-refractivity contribution in [3.63, 3.8) is 0 Å². The monoisotopic (exact) mass is 339 g/mol. The molecule has 0 bridgehead atoms. The number of carboxylic acids is 1. The van der Waals surface area contributed by atoms with Crippen LogP contribution in [0.4, 0.5) is 5.69 Å². The fraction of sp³-hybridized carbons (Fsp3) is 0.333. The molecule has 132 valence electrons. The molecule has 0 saturated carbocycles. The van der Waals surface area contributed by atoms with Crippen LogP contribution in [0.5, 0.6) is 0 Å². The van der Waals surface area contributed by atoms with Gasteiger partial charge in [-0.1, -0.05) is 56.3 Å². The minimum Gasteiger partial charge on any atom is -0.481 e. The number of carboxylic acid groups (broad SMARTS) is 1. The molecule has 0 aromatic heterocycles. The second-order valence-corrected chi connectivity index (χ2v) is 7.13. The smallest absolute Gasteiger partial charge is 0.313 e. The van der Waals surface area contributed by atoms with E-state index in [1.165, 1.54) is 0 Å². The molecule has 4 nitrogen and oxygen atoms in total. The van der Waals surface area contributed by atoms with Gasteiger partial charge in [0.1, 0.15) is 0 Å². The maximum absolute atomic E-state index is 12.7. The molecule has 0 saturated heterocycles. The van der Waals surface area contributed by atoms with Gasteiger partial charge in [-0.05, 0) is 43.0 Å². The number of carbonyl (C=O) groups excluding carboxylic acids is 1. The first-order chi connectivity index (χ1) is 11.7. The van der Waals surface area contributed by atoms with Crippen LogP contribution in [0.15, 0.2) is 54.6 Å². The van der Waals surface area contributed by atoms with Crippen molar-refractivity contribution in [1.82, 2.24) is 0 Å². The molecule has 2 rings (SSSR count). The number of aliphatic carboxylic acids is 1. The van der Waals surface area contributed by atoms with Crippen LogP contribution in [-0.2, 0) is 15.0 Å². The van der Waals surface area contributed by atoms with Gasteiger partial charge in [0, 0.05) is 5.69 Å². The van der Waals surface area contributed by atoms with Crippen LogP contribution in [0.1, 0.15) is 44.7 Å². The lowest BCUT2D eigenvalue weighted by molar-refractivity contribution is -0.142. The summed E-state index contributed by atoms with van der Waals surface area (Å²) >= 11 is 0. The number of nitrogens with one attached hydrogen (secondary N) is 1. The van der Waals surface area contributed by atoms with Crippen LogP contribution in [0.25, 0.3) is 0 Å². The van der Waals surface area contributed by atoms with Crippen LogP contribution in [0.2, 0.25) is 0 Å². The number of benzene rings is 2. The van der Waals surface area contributed by atoms with E-state index in [0.29, 0.717) is 11.3 Å². The van der Waals surface area contributed by atoms with E-state index in [2.05, 4.69) is 5.32 Å². The molecule has 4 heteroatoms. The molecule has 0 aliphatic carbocycles. The molecule has 25 heavy (non-hydrogen) atoms. The summed E-state index contributed by atoms with van der Waals surface area (Å²) in [5, 5.41) is 12.2. The van der Waals surface area contributed by atoms with Crippen LogP contribution >= 0.6 is 0 Å². The number of hydrogen-bond donors (Lipinski definition) is 2. The molecule has 1 unspecified atom stereocenters. The molecule has 2 N–H and O–H groups in total. The summed E-state index contributed by atoms with van der Waals surface area (Å²) in [4.78, 5) is 24.1. The number of carbonyl (C=O) groups is 2. The van der Waals surface area contributed by atoms with E-state index >= 15 is 0 Å². The van der Waals surface area contributed by atoms with Gasteiger partial charge in [0.25, 0.3) is 0 Å². The predicted octanol–water partition coefficient (Wildman–Crippen LogP) is 4.43. The van der Waals surface area contributed by atoms with Gasteiger partial charge in [0.2, 0.25) is 5.91 Å². The highest BCUT2D eigenvalue weighted by Crippen LogP contribution is 2.28. The minimum absolute atomic E-state index is 0.0635. The summed E-state index contributed by atoms with van der Waals surface area (Å²) in [5.74, 6) is -1.02. The molecular formula is C21H25NO3. The van der Waals surface area contributed by atoms with Crippen LogP contribution in [0, 0.1) is 5.92 Å². The Labute approximate surface area is 148 Å². The summed E-state index contributed by atoms with van der Waals surface area (Å²) in [6.45, 7) is 7.37. The lowest BCUT2D eigenvalue weighted by Crippen LogP contribution is -2.28. The Morgan fingerprint density at radius 2 is 1.52 bits per heavy atom. The maximum Gasteiger partial charge on any atom is 0.313 e. The van der Waals surface area contributed by atoms with E-state index in [0.717, 1.165) is 5.56 Å². The second-order valence-electron chi connectivity index (χ2n) is 7.13. The lowest BCUT2D eigenvalue weighted by atomic mass is 9.84. The predicted molar refractivity (Wildman–Crippen MR) is 99.8 cm³/mol. The van der Waals surface area contributed by atoms with Crippen molar-refractivity contribution in [2.45, 2.75) is 39.0 Å². The number of hydrogen-bond acceptors (Lipinski definition) is 2. The first-order valence-corrected chi connectivity index (χ1v) is 8.43. The van der Waals surface area contributed by atoms with E-state index in [1.54, 1.807) is 38.1 Å².